The van der Waals surface area contributed by atoms with Gasteiger partial charge in [0, 0.05) is 11.8 Å². The molecule has 0 spiro atoms. The van der Waals surface area contributed by atoms with E-state index in [-0.39, 0.29) is 22.8 Å². The van der Waals surface area contributed by atoms with Crippen LogP contribution in [0.1, 0.15) is 32.6 Å². The summed E-state index contributed by atoms with van der Waals surface area (Å²) in [6.45, 7) is 3.68. The molecular weight excluding hydrogens is 391 g/mol. The van der Waals surface area contributed by atoms with Crippen LogP contribution >= 0.6 is 11.6 Å². The van der Waals surface area contributed by atoms with E-state index in [0.29, 0.717) is 5.02 Å². The van der Waals surface area contributed by atoms with Gasteiger partial charge in [0.2, 0.25) is 5.88 Å². The minimum atomic E-state index is -4.50. The molecule has 3 aromatic rings. The molecule has 1 heterocycles. The number of halogens is 4. The number of benzene rings is 2. The zero-order valence-electron chi connectivity index (χ0n) is 15.0. The Balaban J connectivity index is 1.99. The highest BCUT2D eigenvalue weighted by Crippen LogP contribution is 2.34. The molecule has 0 radical (unpaired) electrons. The van der Waals surface area contributed by atoms with Crippen LogP contribution in [0.2, 0.25) is 5.02 Å². The zero-order valence-corrected chi connectivity index (χ0v) is 15.7. The molecule has 2 aromatic carbocycles. The van der Waals surface area contributed by atoms with Gasteiger partial charge in [0.15, 0.2) is 5.78 Å². The van der Waals surface area contributed by atoms with E-state index in [0.717, 1.165) is 23.3 Å². The van der Waals surface area contributed by atoms with Gasteiger partial charge >= 0.3 is 6.18 Å². The second-order valence-electron chi connectivity index (χ2n) is 6.18. The van der Waals surface area contributed by atoms with Crippen molar-refractivity contribution in [2.45, 2.75) is 20.0 Å². The molecule has 0 fully saturated rings. The number of ether oxygens (including phenoxy) is 1. The smallest absolute Gasteiger partial charge is 0.416 e. The van der Waals surface area contributed by atoms with Gasteiger partial charge in [-0.2, -0.15) is 13.2 Å². The first-order chi connectivity index (χ1) is 13.2. The number of carbonyl (C=O) groups excluding carboxylic acids is 1. The maximum Gasteiger partial charge on any atom is 0.416 e. The zero-order chi connectivity index (χ0) is 20.5. The predicted molar refractivity (Wildman–Crippen MR) is 100 cm³/mol. The van der Waals surface area contributed by atoms with Crippen molar-refractivity contribution in [2.24, 2.45) is 0 Å². The van der Waals surface area contributed by atoms with Crippen LogP contribution in [0.4, 0.5) is 13.2 Å². The van der Waals surface area contributed by atoms with Crippen LogP contribution in [0.15, 0.2) is 54.7 Å². The fourth-order valence-electron chi connectivity index (χ4n) is 2.59. The Labute approximate surface area is 164 Å². The van der Waals surface area contributed by atoms with Gasteiger partial charge in [-0.1, -0.05) is 23.7 Å². The summed E-state index contributed by atoms with van der Waals surface area (Å²) in [7, 11) is 0. The van der Waals surface area contributed by atoms with Gasteiger partial charge in [-0.05, 0) is 61.4 Å². The Kier molecular flexibility index (Phi) is 5.42. The van der Waals surface area contributed by atoms with E-state index in [1.165, 1.54) is 24.4 Å². The summed E-state index contributed by atoms with van der Waals surface area (Å²) >= 11 is 6.32. The number of carbonyl (C=O) groups is 1. The largest absolute Gasteiger partial charge is 0.438 e. The lowest BCUT2D eigenvalue weighted by atomic mass is 9.99. The van der Waals surface area contributed by atoms with Gasteiger partial charge in [0.05, 0.1) is 16.1 Å². The highest BCUT2D eigenvalue weighted by atomic mass is 35.5. The molecule has 3 rings (SSSR count). The molecule has 0 amide bonds. The van der Waals surface area contributed by atoms with Crippen molar-refractivity contribution in [1.82, 2.24) is 4.98 Å². The Morgan fingerprint density at radius 1 is 1.04 bits per heavy atom. The Morgan fingerprint density at radius 3 is 2.50 bits per heavy atom. The maximum absolute atomic E-state index is 13.0. The third-order valence-corrected chi connectivity index (χ3v) is 4.78. The number of alkyl halides is 3. The first kappa shape index (κ1) is 19.9. The summed E-state index contributed by atoms with van der Waals surface area (Å²) in [6, 6.07) is 10.8. The molecule has 0 atom stereocenters. The van der Waals surface area contributed by atoms with E-state index in [1.54, 1.807) is 25.1 Å². The van der Waals surface area contributed by atoms with E-state index in [1.807, 2.05) is 6.92 Å². The Hall–Kier alpha value is -2.86. The van der Waals surface area contributed by atoms with Crippen LogP contribution in [0.3, 0.4) is 0 Å². The highest BCUT2D eigenvalue weighted by molar-refractivity contribution is 6.35. The van der Waals surface area contributed by atoms with Crippen molar-refractivity contribution in [3.8, 4) is 11.6 Å². The van der Waals surface area contributed by atoms with Crippen LogP contribution < -0.4 is 4.74 Å². The second kappa shape index (κ2) is 7.64. The van der Waals surface area contributed by atoms with Gasteiger partial charge < -0.3 is 4.74 Å². The quantitative estimate of drug-likeness (QED) is 0.472. The highest BCUT2D eigenvalue weighted by Gasteiger charge is 2.31. The average molecular weight is 406 g/mol. The van der Waals surface area contributed by atoms with Crippen molar-refractivity contribution in [3.05, 3.63) is 87.6 Å². The van der Waals surface area contributed by atoms with Crippen molar-refractivity contribution in [3.63, 3.8) is 0 Å². The van der Waals surface area contributed by atoms with E-state index >= 15 is 0 Å². The number of aromatic nitrogens is 1. The third-order valence-electron chi connectivity index (χ3n) is 4.29. The molecule has 0 saturated heterocycles. The molecule has 0 bridgehead atoms. The number of hydrogen-bond donors (Lipinski definition) is 0. The maximum atomic E-state index is 13.0. The predicted octanol–water partition coefficient (Wildman–Crippen LogP) is 6.39. The number of nitrogens with zero attached hydrogens (tertiary/aromatic N) is 1. The number of hydrogen-bond acceptors (Lipinski definition) is 3. The lowest BCUT2D eigenvalue weighted by Crippen LogP contribution is -2.07. The fraction of sp³-hybridized carbons (Fsp3) is 0.143. The monoisotopic (exact) mass is 405 g/mol. The number of aryl methyl sites for hydroxylation is 1. The summed E-state index contributed by atoms with van der Waals surface area (Å²) in [5.74, 6) is -0.599. The van der Waals surface area contributed by atoms with Crippen LogP contribution in [0.5, 0.6) is 11.6 Å². The minimum Gasteiger partial charge on any atom is -0.438 e. The molecular formula is C21H15ClF3NO2. The standard InChI is InChI=1S/C21H15ClF3NO2/c1-12-8-9-16(18(22)13(12)2)19(27)17-7-4-10-26-20(17)28-15-6-3-5-14(11-15)21(23,24)25/h3-11H,1-2H3. The Morgan fingerprint density at radius 2 is 1.79 bits per heavy atom. The molecule has 0 saturated carbocycles. The molecule has 144 valence electrons. The van der Waals surface area contributed by atoms with E-state index < -0.39 is 17.5 Å². The fourth-order valence-corrected chi connectivity index (χ4v) is 2.89. The molecule has 0 aliphatic heterocycles. The molecule has 0 aliphatic rings. The molecule has 0 unspecified atom stereocenters. The number of rotatable bonds is 4. The van der Waals surface area contributed by atoms with Crippen molar-refractivity contribution in [1.29, 1.82) is 0 Å². The summed E-state index contributed by atoms with van der Waals surface area (Å²) in [5.41, 5.74) is 1.23. The Bertz CT molecular complexity index is 1050. The summed E-state index contributed by atoms with van der Waals surface area (Å²) in [5, 5.41) is 0.318. The van der Waals surface area contributed by atoms with Gasteiger partial charge in [0.1, 0.15) is 5.75 Å². The van der Waals surface area contributed by atoms with Crippen LogP contribution in [0, 0.1) is 13.8 Å². The second-order valence-corrected chi connectivity index (χ2v) is 6.56. The third kappa shape index (κ3) is 4.02. The van der Waals surface area contributed by atoms with Crippen molar-refractivity contribution >= 4 is 17.4 Å². The molecule has 0 N–H and O–H groups in total. The van der Waals surface area contributed by atoms with E-state index in [4.69, 9.17) is 16.3 Å². The molecule has 28 heavy (non-hydrogen) atoms. The minimum absolute atomic E-state index is 0.0752. The lowest BCUT2D eigenvalue weighted by Gasteiger charge is -2.13. The number of ketones is 1. The molecule has 0 aliphatic carbocycles. The first-order valence-electron chi connectivity index (χ1n) is 8.29. The van der Waals surface area contributed by atoms with Crippen LogP contribution in [-0.4, -0.2) is 10.8 Å². The van der Waals surface area contributed by atoms with Gasteiger partial charge in [-0.3, -0.25) is 4.79 Å². The average Bonchev–Trinajstić information content (AvgIpc) is 2.66. The number of pyridine rings is 1. The lowest BCUT2D eigenvalue weighted by molar-refractivity contribution is -0.137. The van der Waals surface area contributed by atoms with Crippen molar-refractivity contribution in [2.75, 3.05) is 0 Å². The molecule has 3 nitrogen and oxygen atoms in total. The van der Waals surface area contributed by atoms with Crippen molar-refractivity contribution < 1.29 is 22.7 Å². The normalized spacial score (nSPS) is 11.4. The SMILES string of the molecule is Cc1ccc(C(=O)c2cccnc2Oc2cccc(C(F)(F)F)c2)c(Cl)c1C. The van der Waals surface area contributed by atoms with Gasteiger partial charge in [0.25, 0.3) is 0 Å². The summed E-state index contributed by atoms with van der Waals surface area (Å²) in [4.78, 5) is 17.0. The van der Waals surface area contributed by atoms with E-state index in [9.17, 15) is 18.0 Å². The van der Waals surface area contributed by atoms with Crippen LogP contribution in [-0.2, 0) is 6.18 Å². The van der Waals surface area contributed by atoms with E-state index in [2.05, 4.69) is 4.98 Å². The summed E-state index contributed by atoms with van der Waals surface area (Å²) in [6.07, 6.45) is -3.11. The topological polar surface area (TPSA) is 39.2 Å². The molecule has 7 heteroatoms. The molecule has 1 aromatic heterocycles. The van der Waals surface area contributed by atoms with Gasteiger partial charge in [-0.15, -0.1) is 0 Å². The van der Waals surface area contributed by atoms with Crippen LogP contribution in [0.25, 0.3) is 0 Å². The summed E-state index contributed by atoms with van der Waals surface area (Å²) < 4.78 is 44.2. The first-order valence-corrected chi connectivity index (χ1v) is 8.67. The van der Waals surface area contributed by atoms with Gasteiger partial charge in [-0.25, -0.2) is 4.98 Å².